The molecule has 29 heavy (non-hydrogen) atoms. The predicted octanol–water partition coefficient (Wildman–Crippen LogP) is 2.19. The van der Waals surface area contributed by atoms with Crippen molar-refractivity contribution in [1.29, 1.82) is 0 Å². The molecule has 0 unspecified atom stereocenters. The largest absolute Gasteiger partial charge is 0.508 e. The molecule has 7 heteroatoms. The van der Waals surface area contributed by atoms with E-state index in [1.54, 1.807) is 31.3 Å². The molecule has 156 valence electrons. The van der Waals surface area contributed by atoms with Crippen molar-refractivity contribution in [2.24, 2.45) is 0 Å². The van der Waals surface area contributed by atoms with Crippen LogP contribution in [0.15, 0.2) is 42.5 Å². The summed E-state index contributed by atoms with van der Waals surface area (Å²) in [6.45, 7) is 4.21. The van der Waals surface area contributed by atoms with Crippen molar-refractivity contribution in [1.82, 2.24) is 9.80 Å². The van der Waals surface area contributed by atoms with Crippen molar-refractivity contribution in [3.8, 4) is 17.2 Å². The lowest BCUT2D eigenvalue weighted by atomic mass is 10.1. The van der Waals surface area contributed by atoms with E-state index in [0.717, 1.165) is 37.4 Å². The van der Waals surface area contributed by atoms with Crippen molar-refractivity contribution < 1.29 is 19.4 Å². The lowest BCUT2D eigenvalue weighted by Crippen LogP contribution is -2.49. The average Bonchev–Trinajstić information content (AvgIpc) is 2.74. The highest BCUT2D eigenvalue weighted by molar-refractivity contribution is 5.78. The van der Waals surface area contributed by atoms with Crippen LogP contribution in [0.3, 0.4) is 0 Å². The second-order valence-electron chi connectivity index (χ2n) is 7.18. The average molecular weight is 399 g/mol. The molecule has 1 amide bonds. The van der Waals surface area contributed by atoms with Crippen LogP contribution in [-0.2, 0) is 11.3 Å². The van der Waals surface area contributed by atoms with Crippen LogP contribution in [0, 0.1) is 0 Å². The standard InChI is InChI=1S/C22H29N3O4/c1-23(15-17-5-4-6-20(28-2)22(17)29-3)21(27)16-24-11-13-25(14-12-24)18-7-9-19(26)10-8-18/h4-10,26H,11-16H2,1-3H3. The van der Waals surface area contributed by atoms with Gasteiger partial charge in [-0.15, -0.1) is 0 Å². The van der Waals surface area contributed by atoms with Crippen LogP contribution in [0.4, 0.5) is 5.69 Å². The Balaban J connectivity index is 1.52. The Labute approximate surface area is 172 Å². The lowest BCUT2D eigenvalue weighted by Gasteiger charge is -2.36. The van der Waals surface area contributed by atoms with Gasteiger partial charge >= 0.3 is 0 Å². The topological polar surface area (TPSA) is 65.5 Å². The van der Waals surface area contributed by atoms with E-state index < -0.39 is 0 Å². The Morgan fingerprint density at radius 2 is 1.72 bits per heavy atom. The molecule has 3 rings (SSSR count). The molecule has 0 aromatic heterocycles. The highest BCUT2D eigenvalue weighted by Crippen LogP contribution is 2.31. The second kappa shape index (κ2) is 9.52. The van der Waals surface area contributed by atoms with Crippen molar-refractivity contribution in [2.75, 3.05) is 58.9 Å². The molecule has 0 spiro atoms. The predicted molar refractivity (Wildman–Crippen MR) is 113 cm³/mol. The van der Waals surface area contributed by atoms with Crippen molar-refractivity contribution in [3.63, 3.8) is 0 Å². The van der Waals surface area contributed by atoms with E-state index in [0.29, 0.717) is 24.6 Å². The molecule has 0 bridgehead atoms. The minimum absolute atomic E-state index is 0.0768. The van der Waals surface area contributed by atoms with Gasteiger partial charge in [-0.25, -0.2) is 0 Å². The number of para-hydroxylation sites is 1. The maximum Gasteiger partial charge on any atom is 0.236 e. The van der Waals surface area contributed by atoms with E-state index in [1.165, 1.54) is 0 Å². The van der Waals surface area contributed by atoms with Gasteiger partial charge in [0.1, 0.15) is 5.75 Å². The molecule has 0 saturated carbocycles. The number of hydrogen-bond acceptors (Lipinski definition) is 6. The zero-order chi connectivity index (χ0) is 20.8. The number of likely N-dealkylation sites (N-methyl/N-ethyl adjacent to an activating group) is 1. The Kier molecular flexibility index (Phi) is 6.82. The molecule has 1 aliphatic heterocycles. The first-order valence-corrected chi connectivity index (χ1v) is 9.72. The molecule has 1 aliphatic rings. The summed E-state index contributed by atoms with van der Waals surface area (Å²) in [5, 5.41) is 9.43. The van der Waals surface area contributed by atoms with E-state index in [-0.39, 0.29) is 11.7 Å². The summed E-state index contributed by atoms with van der Waals surface area (Å²) in [5.41, 5.74) is 2.01. The number of aromatic hydroxyl groups is 1. The van der Waals surface area contributed by atoms with Crippen molar-refractivity contribution in [3.05, 3.63) is 48.0 Å². The Bertz CT molecular complexity index is 817. The maximum absolute atomic E-state index is 12.7. The van der Waals surface area contributed by atoms with Gasteiger partial charge in [-0.05, 0) is 30.3 Å². The second-order valence-corrected chi connectivity index (χ2v) is 7.18. The number of hydrogen-bond donors (Lipinski definition) is 1. The molecular formula is C22H29N3O4. The van der Waals surface area contributed by atoms with Gasteiger partial charge in [-0.1, -0.05) is 12.1 Å². The summed E-state index contributed by atoms with van der Waals surface area (Å²) < 4.78 is 10.8. The summed E-state index contributed by atoms with van der Waals surface area (Å²) in [6.07, 6.45) is 0. The van der Waals surface area contributed by atoms with Crippen molar-refractivity contribution in [2.45, 2.75) is 6.54 Å². The van der Waals surface area contributed by atoms with Crippen LogP contribution in [-0.4, -0.2) is 74.8 Å². The van der Waals surface area contributed by atoms with Gasteiger partial charge in [0.2, 0.25) is 5.91 Å². The fourth-order valence-electron chi connectivity index (χ4n) is 3.56. The monoisotopic (exact) mass is 399 g/mol. The number of anilines is 1. The van der Waals surface area contributed by atoms with Crippen LogP contribution in [0.5, 0.6) is 17.2 Å². The third-order valence-corrected chi connectivity index (χ3v) is 5.26. The molecule has 0 atom stereocenters. The van der Waals surface area contributed by atoms with Gasteiger partial charge in [0.15, 0.2) is 11.5 Å². The SMILES string of the molecule is COc1cccc(CN(C)C(=O)CN2CCN(c3ccc(O)cc3)CC2)c1OC. The van der Waals surface area contributed by atoms with E-state index in [2.05, 4.69) is 9.80 Å². The normalized spacial score (nSPS) is 14.5. The number of rotatable bonds is 7. The molecule has 1 N–H and O–H groups in total. The highest BCUT2D eigenvalue weighted by atomic mass is 16.5. The number of benzene rings is 2. The van der Waals surface area contributed by atoms with E-state index >= 15 is 0 Å². The van der Waals surface area contributed by atoms with Gasteiger partial charge in [-0.3, -0.25) is 9.69 Å². The molecule has 2 aromatic carbocycles. The number of amides is 1. The molecule has 0 radical (unpaired) electrons. The molecule has 7 nitrogen and oxygen atoms in total. The Morgan fingerprint density at radius 1 is 1.03 bits per heavy atom. The number of piperazine rings is 1. The molecular weight excluding hydrogens is 370 g/mol. The molecule has 0 aliphatic carbocycles. The third-order valence-electron chi connectivity index (χ3n) is 5.26. The first kappa shape index (κ1) is 20.8. The zero-order valence-electron chi connectivity index (χ0n) is 17.3. The number of carbonyl (C=O) groups excluding carboxylic acids is 1. The van der Waals surface area contributed by atoms with Crippen molar-refractivity contribution >= 4 is 11.6 Å². The van der Waals surface area contributed by atoms with Gasteiger partial charge < -0.3 is 24.4 Å². The fraction of sp³-hybridized carbons (Fsp3) is 0.409. The lowest BCUT2D eigenvalue weighted by molar-refractivity contribution is -0.131. The number of carbonyl (C=O) groups is 1. The molecule has 1 fully saturated rings. The summed E-state index contributed by atoms with van der Waals surface area (Å²) in [6, 6.07) is 12.9. The number of phenols is 1. The first-order valence-electron chi connectivity index (χ1n) is 9.72. The van der Waals surface area contributed by atoms with Crippen LogP contribution < -0.4 is 14.4 Å². The van der Waals surface area contributed by atoms with Crippen LogP contribution in [0.1, 0.15) is 5.56 Å². The molecule has 1 saturated heterocycles. The van der Waals surface area contributed by atoms with Crippen LogP contribution >= 0.6 is 0 Å². The van der Waals surface area contributed by atoms with Crippen LogP contribution in [0.25, 0.3) is 0 Å². The van der Waals surface area contributed by atoms with Gasteiger partial charge in [-0.2, -0.15) is 0 Å². The van der Waals surface area contributed by atoms with Gasteiger partial charge in [0.05, 0.1) is 20.8 Å². The first-order chi connectivity index (χ1) is 14.0. The van der Waals surface area contributed by atoms with E-state index in [1.807, 2.05) is 37.4 Å². The van der Waals surface area contributed by atoms with Gasteiger partial charge in [0.25, 0.3) is 0 Å². The van der Waals surface area contributed by atoms with Crippen LogP contribution in [0.2, 0.25) is 0 Å². The third kappa shape index (κ3) is 5.12. The quantitative estimate of drug-likeness (QED) is 0.770. The van der Waals surface area contributed by atoms with Gasteiger partial charge in [0, 0.05) is 51.0 Å². The number of methoxy groups -OCH3 is 2. The minimum Gasteiger partial charge on any atom is -0.508 e. The zero-order valence-corrected chi connectivity index (χ0v) is 17.3. The minimum atomic E-state index is 0.0768. The maximum atomic E-state index is 12.7. The summed E-state index contributed by atoms with van der Waals surface area (Å²) in [7, 11) is 5.03. The summed E-state index contributed by atoms with van der Waals surface area (Å²) in [5.74, 6) is 1.68. The van der Waals surface area contributed by atoms with E-state index in [4.69, 9.17) is 9.47 Å². The Hall–Kier alpha value is -2.93. The highest BCUT2D eigenvalue weighted by Gasteiger charge is 2.21. The number of nitrogens with zero attached hydrogens (tertiary/aromatic N) is 3. The number of ether oxygens (including phenoxy) is 2. The summed E-state index contributed by atoms with van der Waals surface area (Å²) >= 11 is 0. The fourth-order valence-corrected chi connectivity index (χ4v) is 3.56. The van der Waals surface area contributed by atoms with E-state index in [9.17, 15) is 9.90 Å². The molecule has 2 aromatic rings. The Morgan fingerprint density at radius 3 is 2.34 bits per heavy atom. The summed E-state index contributed by atoms with van der Waals surface area (Å²) in [4.78, 5) is 18.9. The molecule has 1 heterocycles. The number of phenolic OH excluding ortho intramolecular Hbond substituents is 1. The smallest absolute Gasteiger partial charge is 0.236 e.